The maximum absolute atomic E-state index is 10.6. The van der Waals surface area contributed by atoms with Crippen LogP contribution in [0.4, 0.5) is 5.13 Å². The van der Waals surface area contributed by atoms with E-state index >= 15 is 0 Å². The summed E-state index contributed by atoms with van der Waals surface area (Å²) in [6.45, 7) is 4.12. The molecule has 17 heavy (non-hydrogen) atoms. The molecule has 5 nitrogen and oxygen atoms in total. The lowest BCUT2D eigenvalue weighted by atomic mass is 10.3. The number of hydrogen-bond donors (Lipinski definition) is 1. The van der Waals surface area contributed by atoms with Crippen LogP contribution in [0.3, 0.4) is 0 Å². The smallest absolute Gasteiger partial charge is 0.309 e. The fourth-order valence-corrected chi connectivity index (χ4v) is 2.79. The Labute approximate surface area is 105 Å². The van der Waals surface area contributed by atoms with E-state index in [1.54, 1.807) is 11.3 Å². The van der Waals surface area contributed by atoms with Crippen LogP contribution in [0.1, 0.15) is 12.1 Å². The fraction of sp³-hybridized carbons (Fsp3) is 0.636. The number of aromatic nitrogens is 1. The van der Waals surface area contributed by atoms with Gasteiger partial charge in [-0.05, 0) is 20.0 Å². The van der Waals surface area contributed by atoms with Crippen molar-refractivity contribution in [2.45, 2.75) is 12.8 Å². The molecule has 1 fully saturated rings. The molecule has 0 bridgehead atoms. The van der Waals surface area contributed by atoms with Crippen molar-refractivity contribution in [3.05, 3.63) is 11.1 Å². The summed E-state index contributed by atoms with van der Waals surface area (Å²) < 4.78 is 0. The lowest BCUT2D eigenvalue weighted by molar-refractivity contribution is -0.136. The summed E-state index contributed by atoms with van der Waals surface area (Å²) in [5.41, 5.74) is 0.662. The number of anilines is 1. The quantitative estimate of drug-likeness (QED) is 0.870. The second-order valence-corrected chi connectivity index (χ2v) is 5.17. The van der Waals surface area contributed by atoms with Gasteiger partial charge in [0.25, 0.3) is 0 Å². The Hall–Kier alpha value is -1.14. The van der Waals surface area contributed by atoms with Crippen molar-refractivity contribution in [3.63, 3.8) is 0 Å². The molecule has 1 aromatic heterocycles. The molecule has 6 heteroatoms. The standard InChI is InChI=1S/C11H17N3O2S/c1-13-3-2-4-14(6-5-13)11-12-9(8-17-11)7-10(15)16/h8H,2-7H2,1H3,(H,15,16). The number of aliphatic carboxylic acids is 1. The lowest BCUT2D eigenvalue weighted by Gasteiger charge is -2.19. The first-order valence-corrected chi connectivity index (χ1v) is 6.63. The Kier molecular flexibility index (Phi) is 3.96. The van der Waals surface area contributed by atoms with E-state index in [1.807, 2.05) is 5.38 Å². The highest BCUT2D eigenvalue weighted by atomic mass is 32.1. The summed E-state index contributed by atoms with van der Waals surface area (Å²) in [6, 6.07) is 0. The van der Waals surface area contributed by atoms with Crippen LogP contribution in [-0.4, -0.2) is 54.2 Å². The van der Waals surface area contributed by atoms with E-state index in [-0.39, 0.29) is 6.42 Å². The summed E-state index contributed by atoms with van der Waals surface area (Å²) in [5.74, 6) is -0.822. The van der Waals surface area contributed by atoms with Crippen LogP contribution in [0.2, 0.25) is 0 Å². The van der Waals surface area contributed by atoms with Crippen LogP contribution >= 0.6 is 11.3 Å². The molecule has 0 amide bonds. The van der Waals surface area contributed by atoms with Gasteiger partial charge in [0.1, 0.15) is 0 Å². The molecule has 2 heterocycles. The Morgan fingerprint density at radius 1 is 1.47 bits per heavy atom. The van der Waals surface area contributed by atoms with Crippen molar-refractivity contribution in [3.8, 4) is 0 Å². The van der Waals surface area contributed by atoms with Gasteiger partial charge >= 0.3 is 5.97 Å². The van der Waals surface area contributed by atoms with Crippen molar-refractivity contribution in [2.24, 2.45) is 0 Å². The largest absolute Gasteiger partial charge is 0.481 e. The first-order valence-electron chi connectivity index (χ1n) is 5.75. The number of likely N-dealkylation sites (N-methyl/N-ethyl adjacent to an activating group) is 1. The minimum Gasteiger partial charge on any atom is -0.481 e. The second kappa shape index (κ2) is 5.46. The van der Waals surface area contributed by atoms with Gasteiger partial charge in [-0.1, -0.05) is 0 Å². The van der Waals surface area contributed by atoms with E-state index in [2.05, 4.69) is 21.8 Å². The number of carboxylic acid groups (broad SMARTS) is 1. The third-order valence-corrected chi connectivity index (χ3v) is 3.81. The molecule has 0 atom stereocenters. The number of carboxylic acids is 1. The molecule has 0 spiro atoms. The van der Waals surface area contributed by atoms with Crippen LogP contribution in [-0.2, 0) is 11.2 Å². The van der Waals surface area contributed by atoms with Crippen LogP contribution in [0.25, 0.3) is 0 Å². The third kappa shape index (κ3) is 3.41. The zero-order valence-corrected chi connectivity index (χ0v) is 10.7. The van der Waals surface area contributed by atoms with Gasteiger partial charge in [0.2, 0.25) is 0 Å². The summed E-state index contributed by atoms with van der Waals surface area (Å²) in [5, 5.41) is 11.5. The lowest BCUT2D eigenvalue weighted by Crippen LogP contribution is -2.28. The Morgan fingerprint density at radius 3 is 3.06 bits per heavy atom. The molecular formula is C11H17N3O2S. The Balaban J connectivity index is 2.01. The molecule has 2 rings (SSSR count). The number of carbonyl (C=O) groups is 1. The van der Waals surface area contributed by atoms with Gasteiger partial charge < -0.3 is 14.9 Å². The third-order valence-electron chi connectivity index (χ3n) is 2.86. The maximum Gasteiger partial charge on any atom is 0.309 e. The van der Waals surface area contributed by atoms with E-state index in [0.717, 1.165) is 37.7 Å². The van der Waals surface area contributed by atoms with Crippen molar-refractivity contribution >= 4 is 22.4 Å². The zero-order valence-electron chi connectivity index (χ0n) is 9.93. The van der Waals surface area contributed by atoms with Crippen molar-refractivity contribution in [2.75, 3.05) is 38.1 Å². The molecule has 1 N–H and O–H groups in total. The molecule has 94 valence electrons. The zero-order chi connectivity index (χ0) is 12.3. The predicted molar refractivity (Wildman–Crippen MR) is 67.8 cm³/mol. The molecule has 0 radical (unpaired) electrons. The molecular weight excluding hydrogens is 238 g/mol. The van der Waals surface area contributed by atoms with Gasteiger partial charge in [-0.2, -0.15) is 0 Å². The van der Waals surface area contributed by atoms with E-state index < -0.39 is 5.97 Å². The Morgan fingerprint density at radius 2 is 2.29 bits per heavy atom. The highest BCUT2D eigenvalue weighted by molar-refractivity contribution is 7.13. The fourth-order valence-electron chi connectivity index (χ4n) is 1.92. The topological polar surface area (TPSA) is 56.7 Å². The molecule has 1 saturated heterocycles. The number of nitrogens with zero attached hydrogens (tertiary/aromatic N) is 3. The van der Waals surface area contributed by atoms with Gasteiger partial charge in [0, 0.05) is 25.0 Å². The average Bonchev–Trinajstić information content (AvgIpc) is 2.59. The average molecular weight is 255 g/mol. The van der Waals surface area contributed by atoms with Gasteiger partial charge in [-0.15, -0.1) is 11.3 Å². The minimum absolute atomic E-state index is 0.0181. The minimum atomic E-state index is -0.822. The molecule has 0 saturated carbocycles. The number of rotatable bonds is 3. The second-order valence-electron chi connectivity index (χ2n) is 4.34. The van der Waals surface area contributed by atoms with Crippen LogP contribution < -0.4 is 4.90 Å². The monoisotopic (exact) mass is 255 g/mol. The summed E-state index contributed by atoms with van der Waals surface area (Å²) in [7, 11) is 2.13. The molecule has 1 aliphatic rings. The van der Waals surface area contributed by atoms with E-state index in [4.69, 9.17) is 5.11 Å². The SMILES string of the molecule is CN1CCCN(c2nc(CC(=O)O)cs2)CC1. The summed E-state index contributed by atoms with van der Waals surface area (Å²) >= 11 is 1.54. The molecule has 1 aliphatic heterocycles. The van der Waals surface area contributed by atoms with Crippen molar-refractivity contribution < 1.29 is 9.90 Å². The van der Waals surface area contributed by atoms with Gasteiger partial charge in [0.05, 0.1) is 12.1 Å². The first-order chi connectivity index (χ1) is 8.15. The summed E-state index contributed by atoms with van der Waals surface area (Å²) in [6.07, 6.45) is 1.15. The van der Waals surface area contributed by atoms with Gasteiger partial charge in [-0.3, -0.25) is 4.79 Å². The van der Waals surface area contributed by atoms with Crippen LogP contribution in [0.5, 0.6) is 0 Å². The molecule has 0 aromatic carbocycles. The maximum atomic E-state index is 10.6. The highest BCUT2D eigenvalue weighted by Gasteiger charge is 2.16. The molecule has 1 aromatic rings. The predicted octanol–water partition coefficient (Wildman–Crippen LogP) is 0.912. The van der Waals surface area contributed by atoms with Gasteiger partial charge in [0.15, 0.2) is 5.13 Å². The van der Waals surface area contributed by atoms with E-state index in [0.29, 0.717) is 5.69 Å². The van der Waals surface area contributed by atoms with Crippen LogP contribution in [0.15, 0.2) is 5.38 Å². The van der Waals surface area contributed by atoms with E-state index in [9.17, 15) is 4.79 Å². The van der Waals surface area contributed by atoms with Crippen LogP contribution in [0, 0.1) is 0 Å². The van der Waals surface area contributed by atoms with E-state index in [1.165, 1.54) is 0 Å². The van der Waals surface area contributed by atoms with Crippen molar-refractivity contribution in [1.29, 1.82) is 0 Å². The van der Waals surface area contributed by atoms with Crippen molar-refractivity contribution in [1.82, 2.24) is 9.88 Å². The first kappa shape index (κ1) is 12.3. The number of thiazole rings is 1. The molecule has 0 unspecified atom stereocenters. The number of hydrogen-bond acceptors (Lipinski definition) is 5. The Bertz CT molecular complexity index is 394. The summed E-state index contributed by atoms with van der Waals surface area (Å²) in [4.78, 5) is 19.5. The molecule has 0 aliphatic carbocycles. The van der Waals surface area contributed by atoms with Gasteiger partial charge in [-0.25, -0.2) is 4.98 Å². The normalized spacial score (nSPS) is 18.1. The highest BCUT2D eigenvalue weighted by Crippen LogP contribution is 2.22.